The third kappa shape index (κ3) is 3.20. The van der Waals surface area contributed by atoms with E-state index < -0.39 is 0 Å². The molecular weight excluding hydrogens is 290 g/mol. The second kappa shape index (κ2) is 6.22. The number of hydrogen-bond acceptors (Lipinski definition) is 4. The molecule has 1 aromatic heterocycles. The Morgan fingerprint density at radius 2 is 2.25 bits per heavy atom. The number of piperidine rings is 1. The number of rotatable bonds is 3. The van der Waals surface area contributed by atoms with Gasteiger partial charge in [0.25, 0.3) is 0 Å². The average Bonchev–Trinajstić information content (AvgIpc) is 2.87. The van der Waals surface area contributed by atoms with Crippen molar-refractivity contribution in [3.63, 3.8) is 0 Å². The highest BCUT2D eigenvalue weighted by molar-refractivity contribution is 7.13. The molecule has 3 nitrogen and oxygen atoms in total. The van der Waals surface area contributed by atoms with Crippen molar-refractivity contribution in [2.24, 2.45) is 5.73 Å². The Balaban J connectivity index is 1.72. The van der Waals surface area contributed by atoms with Crippen LogP contribution in [-0.4, -0.2) is 29.0 Å². The molecule has 1 saturated heterocycles. The number of hydrogen-bond donors (Lipinski definition) is 1. The number of thiazole rings is 1. The first kappa shape index (κ1) is 14.0. The molecule has 0 bridgehead atoms. The molecule has 2 N–H and O–H groups in total. The minimum Gasteiger partial charge on any atom is -0.327 e. The summed E-state index contributed by atoms with van der Waals surface area (Å²) >= 11 is 7.87. The number of aromatic nitrogens is 1. The van der Waals surface area contributed by atoms with Crippen LogP contribution >= 0.6 is 22.9 Å². The minimum absolute atomic E-state index is 0.311. The molecule has 1 fully saturated rings. The van der Waals surface area contributed by atoms with Crippen LogP contribution in [-0.2, 0) is 6.54 Å². The van der Waals surface area contributed by atoms with E-state index in [9.17, 15) is 0 Å². The van der Waals surface area contributed by atoms with Crippen molar-refractivity contribution >= 4 is 22.9 Å². The number of nitrogens with zero attached hydrogens (tertiary/aromatic N) is 2. The van der Waals surface area contributed by atoms with Gasteiger partial charge in [0.1, 0.15) is 5.01 Å². The Hall–Kier alpha value is -0.940. The largest absolute Gasteiger partial charge is 0.327 e. The van der Waals surface area contributed by atoms with E-state index in [0.29, 0.717) is 6.04 Å². The van der Waals surface area contributed by atoms with Gasteiger partial charge < -0.3 is 5.73 Å². The first-order valence-corrected chi connectivity index (χ1v) is 8.15. The van der Waals surface area contributed by atoms with Crippen LogP contribution in [0.4, 0.5) is 0 Å². The Morgan fingerprint density at radius 1 is 1.40 bits per heavy atom. The molecule has 1 atom stereocenters. The Morgan fingerprint density at radius 3 is 3.05 bits per heavy atom. The van der Waals surface area contributed by atoms with Gasteiger partial charge in [0, 0.05) is 30.1 Å². The average molecular weight is 308 g/mol. The van der Waals surface area contributed by atoms with E-state index in [1.54, 1.807) is 11.3 Å². The predicted molar refractivity (Wildman–Crippen MR) is 85.0 cm³/mol. The Labute approximate surface area is 128 Å². The molecule has 3 rings (SSSR count). The Bertz CT molecular complexity index is 584. The first-order chi connectivity index (χ1) is 9.72. The zero-order valence-corrected chi connectivity index (χ0v) is 12.8. The molecule has 2 heterocycles. The number of nitrogens with two attached hydrogens (primary N) is 1. The van der Waals surface area contributed by atoms with Crippen molar-refractivity contribution in [2.75, 3.05) is 13.1 Å². The zero-order valence-electron chi connectivity index (χ0n) is 11.3. The third-order valence-electron chi connectivity index (χ3n) is 3.58. The van der Waals surface area contributed by atoms with Crippen molar-refractivity contribution in [3.05, 3.63) is 40.4 Å². The highest BCUT2D eigenvalue weighted by atomic mass is 35.5. The Kier molecular flexibility index (Phi) is 4.36. The van der Waals surface area contributed by atoms with Gasteiger partial charge >= 0.3 is 0 Å². The lowest BCUT2D eigenvalue weighted by atomic mass is 10.1. The van der Waals surface area contributed by atoms with Crippen molar-refractivity contribution in [1.29, 1.82) is 0 Å². The number of halogens is 1. The normalized spacial score (nSPS) is 20.2. The fourth-order valence-electron chi connectivity index (χ4n) is 2.60. The topological polar surface area (TPSA) is 42.1 Å². The second-order valence-corrected chi connectivity index (χ2v) is 6.53. The molecule has 0 saturated carbocycles. The van der Waals surface area contributed by atoms with Crippen LogP contribution < -0.4 is 5.73 Å². The molecule has 0 radical (unpaired) electrons. The molecule has 1 aliphatic rings. The van der Waals surface area contributed by atoms with Crippen LogP contribution in [0.5, 0.6) is 0 Å². The summed E-state index contributed by atoms with van der Waals surface area (Å²) < 4.78 is 0. The van der Waals surface area contributed by atoms with E-state index in [1.165, 1.54) is 6.42 Å². The summed E-state index contributed by atoms with van der Waals surface area (Å²) in [6.45, 7) is 2.97. The lowest BCUT2D eigenvalue weighted by Crippen LogP contribution is -2.42. The fourth-order valence-corrected chi connectivity index (χ4v) is 3.73. The van der Waals surface area contributed by atoms with Crippen molar-refractivity contribution in [3.8, 4) is 10.6 Å². The van der Waals surface area contributed by atoms with Crippen LogP contribution in [0.15, 0.2) is 29.6 Å². The van der Waals surface area contributed by atoms with Gasteiger partial charge in [-0.1, -0.05) is 29.8 Å². The second-order valence-electron chi connectivity index (χ2n) is 5.26. The third-order valence-corrected chi connectivity index (χ3v) is 4.84. The van der Waals surface area contributed by atoms with Crippen LogP contribution in [0.2, 0.25) is 5.02 Å². The maximum Gasteiger partial charge on any atom is 0.125 e. The standard InChI is InChI=1S/C15H18ClN3S/c16-14-6-2-1-5-13(14)15-18-12(10-20-15)9-19-7-3-4-11(17)8-19/h1-2,5-6,10-11H,3-4,7-9,17H2/t11-/m1/s1. The summed E-state index contributed by atoms with van der Waals surface area (Å²) in [7, 11) is 0. The van der Waals surface area contributed by atoms with E-state index in [2.05, 4.69) is 10.3 Å². The molecule has 1 aliphatic heterocycles. The predicted octanol–water partition coefficient (Wildman–Crippen LogP) is 3.39. The van der Waals surface area contributed by atoms with E-state index in [-0.39, 0.29) is 0 Å². The van der Waals surface area contributed by atoms with Gasteiger partial charge in [0.2, 0.25) is 0 Å². The van der Waals surface area contributed by atoms with Crippen LogP contribution in [0.1, 0.15) is 18.5 Å². The maximum absolute atomic E-state index is 6.22. The SMILES string of the molecule is N[C@@H]1CCCN(Cc2csc(-c3ccccc3Cl)n2)C1. The highest BCUT2D eigenvalue weighted by Crippen LogP contribution is 2.30. The molecule has 20 heavy (non-hydrogen) atoms. The van der Waals surface area contributed by atoms with Crippen molar-refractivity contribution < 1.29 is 0 Å². The molecule has 0 unspecified atom stereocenters. The molecule has 0 amide bonds. The number of benzene rings is 1. The fraction of sp³-hybridized carbons (Fsp3) is 0.400. The van der Waals surface area contributed by atoms with E-state index in [0.717, 1.165) is 47.3 Å². The molecular formula is C15H18ClN3S. The van der Waals surface area contributed by atoms with Crippen LogP contribution in [0.3, 0.4) is 0 Å². The summed E-state index contributed by atoms with van der Waals surface area (Å²) in [5.41, 5.74) is 8.14. The quantitative estimate of drug-likeness (QED) is 0.945. The van der Waals surface area contributed by atoms with Crippen molar-refractivity contribution in [1.82, 2.24) is 9.88 Å². The lowest BCUT2D eigenvalue weighted by Gasteiger charge is -2.29. The number of likely N-dealkylation sites (tertiary alicyclic amines) is 1. The molecule has 5 heteroatoms. The minimum atomic E-state index is 0.311. The molecule has 0 spiro atoms. The summed E-state index contributed by atoms with van der Waals surface area (Å²) in [5, 5.41) is 3.87. The molecule has 1 aromatic carbocycles. The highest BCUT2D eigenvalue weighted by Gasteiger charge is 2.18. The van der Waals surface area contributed by atoms with E-state index in [4.69, 9.17) is 22.3 Å². The first-order valence-electron chi connectivity index (χ1n) is 6.89. The summed E-state index contributed by atoms with van der Waals surface area (Å²) in [4.78, 5) is 7.10. The maximum atomic E-state index is 6.22. The van der Waals surface area contributed by atoms with Gasteiger partial charge in [0.15, 0.2) is 0 Å². The summed E-state index contributed by atoms with van der Waals surface area (Å²) in [6.07, 6.45) is 2.32. The van der Waals surface area contributed by atoms with Gasteiger partial charge in [0.05, 0.1) is 10.7 Å². The molecule has 0 aliphatic carbocycles. The van der Waals surface area contributed by atoms with Gasteiger partial charge in [-0.25, -0.2) is 4.98 Å². The van der Waals surface area contributed by atoms with E-state index >= 15 is 0 Å². The smallest absolute Gasteiger partial charge is 0.125 e. The van der Waals surface area contributed by atoms with Crippen LogP contribution in [0, 0.1) is 0 Å². The summed E-state index contributed by atoms with van der Waals surface area (Å²) in [6, 6.07) is 8.16. The zero-order chi connectivity index (χ0) is 13.9. The van der Waals surface area contributed by atoms with Gasteiger partial charge in [-0.2, -0.15) is 0 Å². The molecule has 106 valence electrons. The van der Waals surface area contributed by atoms with Gasteiger partial charge in [-0.05, 0) is 25.5 Å². The summed E-state index contributed by atoms with van der Waals surface area (Å²) in [5.74, 6) is 0. The lowest BCUT2D eigenvalue weighted by molar-refractivity contribution is 0.200. The van der Waals surface area contributed by atoms with Crippen molar-refractivity contribution in [2.45, 2.75) is 25.4 Å². The van der Waals surface area contributed by atoms with Gasteiger partial charge in [-0.3, -0.25) is 4.90 Å². The van der Waals surface area contributed by atoms with E-state index in [1.807, 2.05) is 24.3 Å². The monoisotopic (exact) mass is 307 g/mol. The van der Waals surface area contributed by atoms with Gasteiger partial charge in [-0.15, -0.1) is 11.3 Å². The van der Waals surface area contributed by atoms with Crippen LogP contribution in [0.25, 0.3) is 10.6 Å². The molecule has 2 aromatic rings.